The number of nitrogens with two attached hydrogens (primary N) is 1. The summed E-state index contributed by atoms with van der Waals surface area (Å²) in [4.78, 5) is 13.1. The first-order valence-corrected chi connectivity index (χ1v) is 9.52. The number of carbonyl (C=O) groups is 1. The van der Waals surface area contributed by atoms with Gasteiger partial charge < -0.3 is 10.5 Å². The van der Waals surface area contributed by atoms with E-state index in [1.54, 1.807) is 0 Å². The van der Waals surface area contributed by atoms with Crippen LogP contribution in [0.2, 0.25) is 0 Å². The number of hydrogen-bond acceptors (Lipinski definition) is 4. The molecule has 5 heteroatoms. The molecule has 0 radical (unpaired) electrons. The monoisotopic (exact) mass is 420 g/mol. The highest BCUT2D eigenvalue weighted by molar-refractivity contribution is 9.10. The third-order valence-corrected chi connectivity index (χ3v) is 5.61. The maximum atomic E-state index is 13.1. The van der Waals surface area contributed by atoms with Crippen LogP contribution >= 0.6 is 15.9 Å². The Labute approximate surface area is 166 Å². The number of Topliss-reactive ketones (excluding diaryl/α,β-unsaturated/α-hetero) is 1. The van der Waals surface area contributed by atoms with E-state index >= 15 is 0 Å². The zero-order chi connectivity index (χ0) is 19.0. The lowest BCUT2D eigenvalue weighted by Crippen LogP contribution is -2.29. The molecule has 0 saturated carbocycles. The van der Waals surface area contributed by atoms with Crippen LogP contribution in [-0.2, 0) is 9.53 Å². The molecule has 1 aliphatic heterocycles. The summed E-state index contributed by atoms with van der Waals surface area (Å²) >= 11 is 3.49. The van der Waals surface area contributed by atoms with E-state index in [9.17, 15) is 10.1 Å². The van der Waals surface area contributed by atoms with Crippen LogP contribution in [0.4, 0.5) is 0 Å². The van der Waals surface area contributed by atoms with Gasteiger partial charge in [-0.2, -0.15) is 5.26 Å². The number of nitrogens with zero attached hydrogens (tertiary/aromatic N) is 1. The van der Waals surface area contributed by atoms with E-state index in [1.165, 1.54) is 0 Å². The Hall–Kier alpha value is -2.84. The van der Waals surface area contributed by atoms with Crippen molar-refractivity contribution in [3.63, 3.8) is 0 Å². The fourth-order valence-electron chi connectivity index (χ4n) is 3.88. The maximum absolute atomic E-state index is 13.1. The lowest BCUT2D eigenvalue weighted by molar-refractivity contribution is -0.117. The van der Waals surface area contributed by atoms with Crippen LogP contribution in [0.5, 0.6) is 0 Å². The second kappa shape index (κ2) is 7.05. The first-order chi connectivity index (χ1) is 13.1. The van der Waals surface area contributed by atoms with E-state index in [4.69, 9.17) is 10.5 Å². The number of allylic oxidation sites excluding steroid dienone is 3. The van der Waals surface area contributed by atoms with Gasteiger partial charge in [-0.15, -0.1) is 0 Å². The van der Waals surface area contributed by atoms with Gasteiger partial charge in [0.2, 0.25) is 5.88 Å². The van der Waals surface area contributed by atoms with Crippen LogP contribution in [0.15, 0.2) is 81.9 Å². The van der Waals surface area contributed by atoms with Gasteiger partial charge in [0, 0.05) is 22.9 Å². The summed E-state index contributed by atoms with van der Waals surface area (Å²) in [6, 6.07) is 19.6. The molecule has 1 aliphatic carbocycles. The van der Waals surface area contributed by atoms with Crippen molar-refractivity contribution in [2.24, 2.45) is 5.73 Å². The average Bonchev–Trinajstić information content (AvgIpc) is 2.67. The molecule has 4 rings (SSSR count). The van der Waals surface area contributed by atoms with Gasteiger partial charge in [-0.25, -0.2) is 0 Å². The molecule has 0 unspecified atom stereocenters. The molecule has 2 atom stereocenters. The molecule has 0 saturated heterocycles. The topological polar surface area (TPSA) is 76.1 Å². The zero-order valence-electron chi connectivity index (χ0n) is 14.5. The summed E-state index contributed by atoms with van der Waals surface area (Å²) in [6.45, 7) is 0. The third kappa shape index (κ3) is 3.17. The summed E-state index contributed by atoms with van der Waals surface area (Å²) in [7, 11) is 0. The van der Waals surface area contributed by atoms with Crippen LogP contribution in [0.1, 0.15) is 35.8 Å². The smallest absolute Gasteiger partial charge is 0.205 e. The van der Waals surface area contributed by atoms with Crippen LogP contribution in [0.25, 0.3) is 0 Å². The van der Waals surface area contributed by atoms with Gasteiger partial charge in [0.15, 0.2) is 5.78 Å². The molecule has 0 fully saturated rings. The van der Waals surface area contributed by atoms with E-state index in [0.717, 1.165) is 15.6 Å². The van der Waals surface area contributed by atoms with Crippen LogP contribution in [0.3, 0.4) is 0 Å². The van der Waals surface area contributed by atoms with E-state index in [1.807, 2.05) is 54.6 Å². The fraction of sp³-hybridized carbons (Fsp3) is 0.182. The molecule has 0 spiro atoms. The Kier molecular flexibility index (Phi) is 4.59. The summed E-state index contributed by atoms with van der Waals surface area (Å²) in [5.74, 6) is 0.252. The summed E-state index contributed by atoms with van der Waals surface area (Å²) < 4.78 is 6.76. The number of hydrogen-bond donors (Lipinski definition) is 1. The third-order valence-electron chi connectivity index (χ3n) is 5.11. The van der Waals surface area contributed by atoms with Crippen molar-refractivity contribution in [2.45, 2.75) is 24.7 Å². The Bertz CT molecular complexity index is 1020. The molecule has 4 nitrogen and oxygen atoms in total. The van der Waals surface area contributed by atoms with Crippen molar-refractivity contribution in [1.82, 2.24) is 0 Å². The molecule has 134 valence electrons. The van der Waals surface area contributed by atoms with Gasteiger partial charge in [0.1, 0.15) is 17.4 Å². The first kappa shape index (κ1) is 17.6. The lowest BCUT2D eigenvalue weighted by Gasteiger charge is -2.34. The summed E-state index contributed by atoms with van der Waals surface area (Å²) in [5.41, 5.74) is 8.89. The van der Waals surface area contributed by atoms with Gasteiger partial charge >= 0.3 is 0 Å². The number of ketones is 1. The van der Waals surface area contributed by atoms with Crippen LogP contribution in [0, 0.1) is 11.3 Å². The minimum Gasteiger partial charge on any atom is -0.444 e. The molecule has 2 aliphatic rings. The van der Waals surface area contributed by atoms with E-state index in [-0.39, 0.29) is 17.6 Å². The summed E-state index contributed by atoms with van der Waals surface area (Å²) in [5, 5.41) is 9.62. The second-order valence-corrected chi connectivity index (χ2v) is 7.67. The Morgan fingerprint density at radius 3 is 2.52 bits per heavy atom. The predicted molar refractivity (Wildman–Crippen MR) is 105 cm³/mol. The van der Waals surface area contributed by atoms with Crippen molar-refractivity contribution in [3.8, 4) is 6.07 Å². The van der Waals surface area contributed by atoms with E-state index < -0.39 is 5.92 Å². The molecule has 2 N–H and O–H groups in total. The van der Waals surface area contributed by atoms with Crippen LogP contribution in [-0.4, -0.2) is 5.78 Å². The maximum Gasteiger partial charge on any atom is 0.205 e. The Morgan fingerprint density at radius 1 is 1.07 bits per heavy atom. The SMILES string of the molecule is N#CC1=C(N)OC2=C(C(=O)C[C@H](c3cccc(Br)c3)C2)[C@H]1c1ccccc1. The Balaban J connectivity index is 1.78. The molecule has 2 aromatic carbocycles. The minimum absolute atomic E-state index is 0.00956. The van der Waals surface area contributed by atoms with Crippen molar-refractivity contribution in [3.05, 3.63) is 93.0 Å². The van der Waals surface area contributed by atoms with Gasteiger partial charge in [0.25, 0.3) is 0 Å². The second-order valence-electron chi connectivity index (χ2n) is 6.76. The van der Waals surface area contributed by atoms with Gasteiger partial charge in [-0.05, 0) is 29.2 Å². The number of rotatable bonds is 2. The fourth-order valence-corrected chi connectivity index (χ4v) is 4.30. The normalized spacial score (nSPS) is 22.1. The highest BCUT2D eigenvalue weighted by Gasteiger charge is 2.40. The van der Waals surface area contributed by atoms with Gasteiger partial charge in [0.05, 0.1) is 5.92 Å². The number of carbonyl (C=O) groups excluding carboxylic acids is 1. The molecule has 27 heavy (non-hydrogen) atoms. The summed E-state index contributed by atoms with van der Waals surface area (Å²) in [6.07, 6.45) is 0.973. The number of benzene rings is 2. The zero-order valence-corrected chi connectivity index (χ0v) is 16.1. The first-order valence-electron chi connectivity index (χ1n) is 8.72. The van der Waals surface area contributed by atoms with Gasteiger partial charge in [-0.3, -0.25) is 4.79 Å². The van der Waals surface area contributed by atoms with E-state index in [0.29, 0.717) is 29.7 Å². The van der Waals surface area contributed by atoms with Crippen molar-refractivity contribution in [1.29, 1.82) is 5.26 Å². The van der Waals surface area contributed by atoms with Gasteiger partial charge in [-0.1, -0.05) is 58.4 Å². The molecule has 0 amide bonds. The molecule has 0 bridgehead atoms. The van der Waals surface area contributed by atoms with Crippen LogP contribution < -0.4 is 5.73 Å². The Morgan fingerprint density at radius 2 is 1.81 bits per heavy atom. The highest BCUT2D eigenvalue weighted by Crippen LogP contribution is 2.46. The number of halogens is 1. The predicted octanol–water partition coefficient (Wildman–Crippen LogP) is 4.66. The molecule has 0 aromatic heterocycles. The minimum atomic E-state index is -0.462. The molecule has 2 aromatic rings. The molecule has 1 heterocycles. The molecular formula is C22H17BrN2O2. The molecular weight excluding hydrogens is 404 g/mol. The van der Waals surface area contributed by atoms with Crippen molar-refractivity contribution in [2.75, 3.05) is 0 Å². The standard InChI is InChI=1S/C22H17BrN2O2/c23-16-8-4-7-14(9-16)15-10-18(26)21-19(11-15)27-22(25)17(12-24)20(21)13-5-2-1-3-6-13/h1-9,15,20H,10-11,25H2/t15-,20-/m0/s1. The van der Waals surface area contributed by atoms with Crippen molar-refractivity contribution >= 4 is 21.7 Å². The number of ether oxygens (including phenoxy) is 1. The largest absolute Gasteiger partial charge is 0.444 e. The van der Waals surface area contributed by atoms with Crippen molar-refractivity contribution < 1.29 is 9.53 Å². The average molecular weight is 421 g/mol. The number of nitriles is 1. The quantitative estimate of drug-likeness (QED) is 0.766. The van der Waals surface area contributed by atoms with E-state index in [2.05, 4.69) is 22.0 Å². The lowest BCUT2D eigenvalue weighted by atomic mass is 9.74. The highest BCUT2D eigenvalue weighted by atomic mass is 79.9.